The third-order valence-electron chi connectivity index (χ3n) is 3.70. The minimum Gasteiger partial charge on any atom is -0.303 e. The minimum absolute atomic E-state index is 0.969. The molecule has 0 spiro atoms. The van der Waals surface area contributed by atoms with Crippen molar-refractivity contribution in [3.8, 4) is 0 Å². The zero-order valence-corrected chi connectivity index (χ0v) is 8.26. The molecule has 0 aromatic carbocycles. The van der Waals surface area contributed by atoms with Crippen LogP contribution in [0.4, 0.5) is 0 Å². The summed E-state index contributed by atoms with van der Waals surface area (Å²) in [6, 6.07) is 0. The summed E-state index contributed by atoms with van der Waals surface area (Å²) < 4.78 is 0. The molecule has 1 atom stereocenters. The maximum atomic E-state index is 2.66. The highest BCUT2D eigenvalue weighted by atomic mass is 15.1. The molecule has 1 unspecified atom stereocenters. The van der Waals surface area contributed by atoms with Crippen LogP contribution in [0.5, 0.6) is 0 Å². The zero-order valence-electron chi connectivity index (χ0n) is 8.26. The quantitative estimate of drug-likeness (QED) is 0.624. The lowest BCUT2D eigenvalue weighted by molar-refractivity contribution is 0.167. The van der Waals surface area contributed by atoms with Crippen LogP contribution >= 0.6 is 0 Å². The van der Waals surface area contributed by atoms with Crippen molar-refractivity contribution in [3.05, 3.63) is 0 Å². The normalized spacial score (nSPS) is 28.8. The lowest BCUT2D eigenvalue weighted by atomic mass is 9.76. The highest BCUT2D eigenvalue weighted by Gasteiger charge is 2.25. The van der Waals surface area contributed by atoms with E-state index in [0.717, 1.165) is 11.8 Å². The Hall–Kier alpha value is -0.0400. The second kappa shape index (κ2) is 3.78. The van der Waals surface area contributed by atoms with Gasteiger partial charge in [0.1, 0.15) is 0 Å². The maximum Gasteiger partial charge on any atom is 0.000966 e. The molecule has 0 amide bonds. The van der Waals surface area contributed by atoms with Crippen LogP contribution in [0.25, 0.3) is 0 Å². The number of hydrogen-bond donors (Lipinski definition) is 0. The first-order valence-corrected chi connectivity index (χ1v) is 5.58. The van der Waals surface area contributed by atoms with E-state index >= 15 is 0 Å². The summed E-state index contributed by atoms with van der Waals surface area (Å²) in [6.07, 6.45) is 7.40. The van der Waals surface area contributed by atoms with E-state index in [1.165, 1.54) is 51.7 Å². The molecule has 1 aliphatic carbocycles. The summed E-state index contributed by atoms with van der Waals surface area (Å²) in [5.41, 5.74) is 0. The van der Waals surface area contributed by atoms with Crippen LogP contribution in [0.1, 0.15) is 39.0 Å². The van der Waals surface area contributed by atoms with Crippen LogP contribution in [0.15, 0.2) is 0 Å². The molecule has 2 aliphatic rings. The van der Waals surface area contributed by atoms with E-state index in [4.69, 9.17) is 0 Å². The first-order valence-electron chi connectivity index (χ1n) is 5.58. The van der Waals surface area contributed by atoms with Gasteiger partial charge in [0.15, 0.2) is 0 Å². The number of hydrogen-bond acceptors (Lipinski definition) is 1. The van der Waals surface area contributed by atoms with Crippen LogP contribution in [0, 0.1) is 11.8 Å². The molecule has 70 valence electrons. The van der Waals surface area contributed by atoms with Gasteiger partial charge >= 0.3 is 0 Å². The van der Waals surface area contributed by atoms with Crippen LogP contribution in [0.3, 0.4) is 0 Å². The highest BCUT2D eigenvalue weighted by Crippen LogP contribution is 2.33. The summed E-state index contributed by atoms with van der Waals surface area (Å²) >= 11 is 0. The smallest absolute Gasteiger partial charge is 0.000966 e. The predicted molar refractivity (Wildman–Crippen MR) is 52.2 cm³/mol. The van der Waals surface area contributed by atoms with Gasteiger partial charge in [-0.3, -0.25) is 0 Å². The van der Waals surface area contributed by atoms with Gasteiger partial charge in [0.05, 0.1) is 0 Å². The van der Waals surface area contributed by atoms with Crippen LogP contribution in [-0.4, -0.2) is 24.5 Å². The third kappa shape index (κ3) is 1.82. The van der Waals surface area contributed by atoms with E-state index < -0.39 is 0 Å². The van der Waals surface area contributed by atoms with Gasteiger partial charge in [-0.2, -0.15) is 0 Å². The van der Waals surface area contributed by atoms with Crippen molar-refractivity contribution in [2.24, 2.45) is 11.8 Å². The molecular formula is C11H21N. The molecule has 1 saturated heterocycles. The molecule has 0 aromatic heterocycles. The Morgan fingerprint density at radius 1 is 1.17 bits per heavy atom. The fourth-order valence-electron chi connectivity index (χ4n) is 2.53. The van der Waals surface area contributed by atoms with Gasteiger partial charge in [-0.1, -0.05) is 26.2 Å². The third-order valence-corrected chi connectivity index (χ3v) is 3.70. The molecule has 0 N–H and O–H groups in total. The average Bonchev–Trinajstić information content (AvgIpc) is 2.34. The molecule has 2 rings (SSSR count). The highest BCUT2D eigenvalue weighted by molar-refractivity contribution is 4.78. The molecular weight excluding hydrogens is 146 g/mol. The van der Waals surface area contributed by atoms with Gasteiger partial charge in [-0.05, 0) is 37.8 Å². The van der Waals surface area contributed by atoms with Crippen molar-refractivity contribution in [3.63, 3.8) is 0 Å². The number of likely N-dealkylation sites (tertiary alicyclic amines) is 1. The maximum absolute atomic E-state index is 2.66. The van der Waals surface area contributed by atoms with Crippen LogP contribution in [-0.2, 0) is 0 Å². The largest absolute Gasteiger partial charge is 0.303 e. The van der Waals surface area contributed by atoms with Gasteiger partial charge in [0.25, 0.3) is 0 Å². The molecule has 1 aliphatic heterocycles. The standard InChI is InChI=1S/C11H21N/c1-10(11-5-4-6-11)9-12-7-2-3-8-12/h10-11H,2-9H2,1H3. The summed E-state index contributed by atoms with van der Waals surface area (Å²) in [5, 5.41) is 0. The second-order valence-electron chi connectivity index (χ2n) is 4.68. The fourth-order valence-corrected chi connectivity index (χ4v) is 2.53. The van der Waals surface area contributed by atoms with Crippen molar-refractivity contribution < 1.29 is 0 Å². The Morgan fingerprint density at radius 2 is 1.83 bits per heavy atom. The Bertz CT molecular complexity index is 134. The van der Waals surface area contributed by atoms with E-state index in [0.29, 0.717) is 0 Å². The van der Waals surface area contributed by atoms with E-state index in [1.54, 1.807) is 0 Å². The summed E-state index contributed by atoms with van der Waals surface area (Å²) in [4.78, 5) is 2.66. The molecule has 1 heterocycles. The van der Waals surface area contributed by atoms with E-state index in [2.05, 4.69) is 11.8 Å². The topological polar surface area (TPSA) is 3.24 Å². The molecule has 0 aromatic rings. The molecule has 0 radical (unpaired) electrons. The SMILES string of the molecule is CC(CN1CCCC1)C1CCC1. The Kier molecular flexibility index (Phi) is 2.69. The minimum atomic E-state index is 0.969. The monoisotopic (exact) mass is 167 g/mol. The van der Waals surface area contributed by atoms with E-state index in [1.807, 2.05) is 0 Å². The molecule has 2 fully saturated rings. The van der Waals surface area contributed by atoms with Crippen molar-refractivity contribution in [1.29, 1.82) is 0 Å². The first-order chi connectivity index (χ1) is 5.86. The lowest BCUT2D eigenvalue weighted by Gasteiger charge is -2.33. The summed E-state index contributed by atoms with van der Waals surface area (Å²) in [5.74, 6) is 2.04. The van der Waals surface area contributed by atoms with Crippen LogP contribution < -0.4 is 0 Å². The fraction of sp³-hybridized carbons (Fsp3) is 1.00. The molecule has 1 nitrogen and oxygen atoms in total. The van der Waals surface area contributed by atoms with Gasteiger partial charge in [-0.15, -0.1) is 0 Å². The molecule has 1 heteroatoms. The van der Waals surface area contributed by atoms with Crippen molar-refractivity contribution in [2.45, 2.75) is 39.0 Å². The molecule has 12 heavy (non-hydrogen) atoms. The predicted octanol–water partition coefficient (Wildman–Crippen LogP) is 2.52. The Labute approximate surface area is 76.1 Å². The Balaban J connectivity index is 1.69. The van der Waals surface area contributed by atoms with Crippen molar-refractivity contribution in [1.82, 2.24) is 4.90 Å². The second-order valence-corrected chi connectivity index (χ2v) is 4.68. The van der Waals surface area contributed by atoms with Crippen molar-refractivity contribution >= 4 is 0 Å². The van der Waals surface area contributed by atoms with Gasteiger partial charge < -0.3 is 4.90 Å². The lowest BCUT2D eigenvalue weighted by Crippen LogP contribution is -2.31. The van der Waals surface area contributed by atoms with E-state index in [9.17, 15) is 0 Å². The average molecular weight is 167 g/mol. The summed E-state index contributed by atoms with van der Waals surface area (Å²) in [6.45, 7) is 6.57. The first kappa shape index (κ1) is 8.55. The van der Waals surface area contributed by atoms with E-state index in [-0.39, 0.29) is 0 Å². The number of nitrogens with zero attached hydrogens (tertiary/aromatic N) is 1. The molecule has 0 bridgehead atoms. The van der Waals surface area contributed by atoms with Crippen LogP contribution in [0.2, 0.25) is 0 Å². The van der Waals surface area contributed by atoms with Gasteiger partial charge in [-0.25, -0.2) is 0 Å². The molecule has 1 saturated carbocycles. The van der Waals surface area contributed by atoms with Gasteiger partial charge in [0, 0.05) is 6.54 Å². The zero-order chi connectivity index (χ0) is 8.39. The van der Waals surface area contributed by atoms with Crippen molar-refractivity contribution in [2.75, 3.05) is 19.6 Å². The Morgan fingerprint density at radius 3 is 2.33 bits per heavy atom. The number of rotatable bonds is 3. The summed E-state index contributed by atoms with van der Waals surface area (Å²) in [7, 11) is 0. The van der Waals surface area contributed by atoms with Gasteiger partial charge in [0.2, 0.25) is 0 Å².